The van der Waals surface area contributed by atoms with Crippen molar-refractivity contribution in [3.63, 3.8) is 0 Å². The van der Waals surface area contributed by atoms with Gasteiger partial charge in [-0.1, -0.05) is 81.8 Å². The van der Waals surface area contributed by atoms with Gasteiger partial charge in [0.05, 0.1) is 6.04 Å². The van der Waals surface area contributed by atoms with Gasteiger partial charge in [-0.15, -0.1) is 0 Å². The van der Waals surface area contributed by atoms with Crippen LogP contribution in [0.4, 0.5) is 0 Å². The van der Waals surface area contributed by atoms with Gasteiger partial charge < -0.3 is 16.4 Å². The zero-order valence-electron chi connectivity index (χ0n) is 18.7. The van der Waals surface area contributed by atoms with Gasteiger partial charge in [-0.25, -0.2) is 0 Å². The van der Waals surface area contributed by atoms with Crippen molar-refractivity contribution in [1.82, 2.24) is 10.6 Å². The van der Waals surface area contributed by atoms with Gasteiger partial charge >= 0.3 is 0 Å². The lowest BCUT2D eigenvalue weighted by molar-refractivity contribution is -0.122. The average Bonchev–Trinajstić information content (AvgIpc) is 3.51. The lowest BCUT2D eigenvalue weighted by Crippen LogP contribution is -2.40. The minimum atomic E-state index is -0.433. The molecule has 3 atom stereocenters. The second-order valence-electron chi connectivity index (χ2n) is 9.58. The topological polar surface area (TPSA) is 67.2 Å². The molecule has 1 amide bonds. The average molecular weight is 408 g/mol. The Labute approximate surface area is 181 Å². The number of unbranched alkanes of at least 4 members (excludes halogenated alkanes) is 1. The second kappa shape index (κ2) is 10.2. The van der Waals surface area contributed by atoms with E-state index < -0.39 is 6.04 Å². The Morgan fingerprint density at radius 1 is 1.07 bits per heavy atom. The SMILES string of the molecule is CC(C)(C)c1ccc(CNC(=O)C(N)CCCCNC2CC2c2ccccc2)cc1. The number of nitrogens with two attached hydrogens (primary N) is 1. The minimum Gasteiger partial charge on any atom is -0.351 e. The van der Waals surface area contributed by atoms with E-state index in [0.717, 1.165) is 31.4 Å². The second-order valence-corrected chi connectivity index (χ2v) is 9.58. The van der Waals surface area contributed by atoms with Crippen molar-refractivity contribution in [2.75, 3.05) is 6.54 Å². The summed E-state index contributed by atoms with van der Waals surface area (Å²) < 4.78 is 0. The maximum absolute atomic E-state index is 12.3. The number of carbonyl (C=O) groups is 1. The number of carbonyl (C=O) groups excluding carboxylic acids is 1. The first-order valence-corrected chi connectivity index (χ1v) is 11.3. The van der Waals surface area contributed by atoms with Crippen LogP contribution in [0.3, 0.4) is 0 Å². The molecule has 0 heterocycles. The van der Waals surface area contributed by atoms with Gasteiger partial charge in [-0.2, -0.15) is 0 Å². The highest BCUT2D eigenvalue weighted by Gasteiger charge is 2.37. The van der Waals surface area contributed by atoms with Crippen LogP contribution in [0.15, 0.2) is 54.6 Å². The van der Waals surface area contributed by atoms with Gasteiger partial charge in [0.2, 0.25) is 5.91 Å². The van der Waals surface area contributed by atoms with Crippen molar-refractivity contribution in [3.8, 4) is 0 Å². The summed E-state index contributed by atoms with van der Waals surface area (Å²) in [5.74, 6) is 0.603. The van der Waals surface area contributed by atoms with Crippen LogP contribution in [0, 0.1) is 0 Å². The van der Waals surface area contributed by atoms with E-state index in [9.17, 15) is 4.79 Å². The van der Waals surface area contributed by atoms with Gasteiger partial charge in [0.25, 0.3) is 0 Å². The zero-order valence-corrected chi connectivity index (χ0v) is 18.7. The molecular weight excluding hydrogens is 370 g/mol. The monoisotopic (exact) mass is 407 g/mol. The first kappa shape index (κ1) is 22.5. The number of rotatable bonds is 10. The molecule has 3 unspecified atom stereocenters. The highest BCUT2D eigenvalue weighted by molar-refractivity contribution is 5.81. The van der Waals surface area contributed by atoms with E-state index in [4.69, 9.17) is 5.73 Å². The standard InChI is InChI=1S/C26H37N3O/c1-26(2,3)21-14-12-19(13-15-21)18-29-25(30)23(27)11-7-8-16-28-24-17-22(24)20-9-5-4-6-10-20/h4-6,9-10,12-15,22-24,28H,7-8,11,16-18,27H2,1-3H3,(H,29,30). The van der Waals surface area contributed by atoms with Crippen LogP contribution in [0.1, 0.15) is 69.1 Å². The predicted octanol–water partition coefficient (Wildman–Crippen LogP) is 4.24. The molecule has 1 aliphatic carbocycles. The van der Waals surface area contributed by atoms with E-state index in [1.165, 1.54) is 17.5 Å². The highest BCUT2D eigenvalue weighted by atomic mass is 16.2. The summed E-state index contributed by atoms with van der Waals surface area (Å²) in [7, 11) is 0. The van der Waals surface area contributed by atoms with Gasteiger partial charge in [-0.05, 0) is 47.9 Å². The molecule has 162 valence electrons. The lowest BCUT2D eigenvalue weighted by atomic mass is 9.87. The third kappa shape index (κ3) is 6.68. The Morgan fingerprint density at radius 3 is 2.43 bits per heavy atom. The molecule has 0 bridgehead atoms. The fourth-order valence-electron chi connectivity index (χ4n) is 3.84. The zero-order chi connectivity index (χ0) is 21.6. The molecule has 3 rings (SSSR count). The van der Waals surface area contributed by atoms with E-state index >= 15 is 0 Å². The third-order valence-electron chi connectivity index (χ3n) is 5.99. The van der Waals surface area contributed by atoms with Crippen molar-refractivity contribution in [3.05, 3.63) is 71.3 Å². The van der Waals surface area contributed by atoms with Crippen LogP contribution in [0.2, 0.25) is 0 Å². The Kier molecular flexibility index (Phi) is 7.68. The predicted molar refractivity (Wildman–Crippen MR) is 124 cm³/mol. The van der Waals surface area contributed by atoms with E-state index in [2.05, 4.69) is 86.0 Å². The smallest absolute Gasteiger partial charge is 0.237 e. The number of hydrogen-bond acceptors (Lipinski definition) is 3. The Hall–Kier alpha value is -2.17. The Bertz CT molecular complexity index is 795. The molecule has 4 N–H and O–H groups in total. The summed E-state index contributed by atoms with van der Waals surface area (Å²) in [6.07, 6.45) is 3.96. The fourth-order valence-corrected chi connectivity index (χ4v) is 3.84. The van der Waals surface area contributed by atoms with E-state index in [0.29, 0.717) is 18.5 Å². The lowest BCUT2D eigenvalue weighted by Gasteiger charge is -2.19. The largest absolute Gasteiger partial charge is 0.351 e. The maximum atomic E-state index is 12.3. The molecule has 0 aliphatic heterocycles. The maximum Gasteiger partial charge on any atom is 0.237 e. The molecule has 0 saturated heterocycles. The van der Waals surface area contributed by atoms with Crippen molar-refractivity contribution in [2.45, 2.75) is 76.4 Å². The number of hydrogen-bond donors (Lipinski definition) is 3. The highest BCUT2D eigenvalue weighted by Crippen LogP contribution is 2.40. The van der Waals surface area contributed by atoms with Gasteiger partial charge in [0, 0.05) is 18.5 Å². The molecular formula is C26H37N3O. The Morgan fingerprint density at radius 2 is 1.77 bits per heavy atom. The minimum absolute atomic E-state index is 0.0609. The number of benzene rings is 2. The van der Waals surface area contributed by atoms with E-state index in [1.54, 1.807) is 0 Å². The molecule has 4 heteroatoms. The number of nitrogens with one attached hydrogen (secondary N) is 2. The van der Waals surface area contributed by atoms with E-state index in [-0.39, 0.29) is 11.3 Å². The fraction of sp³-hybridized carbons (Fsp3) is 0.500. The molecule has 1 saturated carbocycles. The van der Waals surface area contributed by atoms with Crippen LogP contribution >= 0.6 is 0 Å². The molecule has 4 nitrogen and oxygen atoms in total. The van der Waals surface area contributed by atoms with Crippen LogP contribution in [-0.4, -0.2) is 24.5 Å². The summed E-state index contributed by atoms with van der Waals surface area (Å²) in [5, 5.41) is 6.60. The third-order valence-corrected chi connectivity index (χ3v) is 5.99. The van der Waals surface area contributed by atoms with Crippen molar-refractivity contribution < 1.29 is 4.79 Å². The summed E-state index contributed by atoms with van der Waals surface area (Å²) in [4.78, 5) is 12.3. The summed E-state index contributed by atoms with van der Waals surface area (Å²) in [5.41, 5.74) is 10.1. The van der Waals surface area contributed by atoms with Gasteiger partial charge in [-0.3, -0.25) is 4.79 Å². The first-order chi connectivity index (χ1) is 14.3. The summed E-state index contributed by atoms with van der Waals surface area (Å²) in [6, 6.07) is 19.3. The van der Waals surface area contributed by atoms with Crippen molar-refractivity contribution in [1.29, 1.82) is 0 Å². The van der Waals surface area contributed by atoms with E-state index in [1.807, 2.05) is 0 Å². The molecule has 1 fully saturated rings. The summed E-state index contributed by atoms with van der Waals surface area (Å²) in [6.45, 7) is 8.11. The molecule has 30 heavy (non-hydrogen) atoms. The van der Waals surface area contributed by atoms with Crippen molar-refractivity contribution in [2.24, 2.45) is 5.73 Å². The quantitative estimate of drug-likeness (QED) is 0.516. The van der Waals surface area contributed by atoms with Gasteiger partial charge in [0.1, 0.15) is 0 Å². The first-order valence-electron chi connectivity index (χ1n) is 11.3. The molecule has 0 spiro atoms. The molecule has 2 aromatic carbocycles. The van der Waals surface area contributed by atoms with Crippen molar-refractivity contribution >= 4 is 5.91 Å². The normalized spacial score (nSPS) is 19.3. The van der Waals surface area contributed by atoms with Crippen LogP contribution < -0.4 is 16.4 Å². The summed E-state index contributed by atoms with van der Waals surface area (Å²) >= 11 is 0. The molecule has 0 aromatic heterocycles. The van der Waals surface area contributed by atoms with Crippen LogP contribution in [-0.2, 0) is 16.8 Å². The number of amides is 1. The van der Waals surface area contributed by atoms with Crippen LogP contribution in [0.25, 0.3) is 0 Å². The van der Waals surface area contributed by atoms with Gasteiger partial charge in [0.15, 0.2) is 0 Å². The van der Waals surface area contributed by atoms with Crippen LogP contribution in [0.5, 0.6) is 0 Å². The molecule has 1 aliphatic rings. The Balaban J connectivity index is 1.27. The molecule has 2 aromatic rings. The molecule has 0 radical (unpaired) electrons.